The average molecular weight is 363 g/mol. The molecule has 0 amide bonds. The molecular formula is C19H25NO4S. The lowest BCUT2D eigenvalue weighted by molar-refractivity contribution is 0.301. The highest BCUT2D eigenvalue weighted by molar-refractivity contribution is 7.92. The average Bonchev–Trinajstić information content (AvgIpc) is 2.57. The second-order valence-electron chi connectivity index (χ2n) is 6.19. The van der Waals surface area contributed by atoms with Crippen LogP contribution in [0.3, 0.4) is 0 Å². The van der Waals surface area contributed by atoms with Crippen LogP contribution < -0.4 is 9.46 Å². The molecule has 0 spiro atoms. The fraction of sp³-hybridized carbons (Fsp3) is 0.368. The third-order valence-electron chi connectivity index (χ3n) is 3.83. The van der Waals surface area contributed by atoms with E-state index in [9.17, 15) is 13.5 Å². The van der Waals surface area contributed by atoms with E-state index in [4.69, 9.17) is 4.74 Å². The number of para-hydroxylation sites is 2. The molecule has 0 atom stereocenters. The van der Waals surface area contributed by atoms with Gasteiger partial charge in [-0.3, -0.25) is 4.72 Å². The molecule has 136 valence electrons. The Morgan fingerprint density at radius 2 is 1.88 bits per heavy atom. The van der Waals surface area contributed by atoms with Gasteiger partial charge < -0.3 is 9.84 Å². The first-order chi connectivity index (χ1) is 11.8. The molecule has 0 radical (unpaired) electrons. The summed E-state index contributed by atoms with van der Waals surface area (Å²) in [6.07, 6.45) is 1.81. The smallest absolute Gasteiger partial charge is 0.265 e. The Kier molecular flexibility index (Phi) is 6.31. The number of hydrogen-bond acceptors (Lipinski definition) is 4. The van der Waals surface area contributed by atoms with Crippen LogP contribution in [-0.4, -0.2) is 20.1 Å². The zero-order chi connectivity index (χ0) is 18.4. The molecule has 5 nitrogen and oxygen atoms in total. The summed E-state index contributed by atoms with van der Waals surface area (Å²) in [5, 5.41) is 9.85. The van der Waals surface area contributed by atoms with Gasteiger partial charge in [0.2, 0.25) is 0 Å². The van der Waals surface area contributed by atoms with Crippen molar-refractivity contribution in [3.8, 4) is 11.5 Å². The van der Waals surface area contributed by atoms with Gasteiger partial charge in [0.25, 0.3) is 10.0 Å². The largest absolute Gasteiger partial charge is 0.506 e. The van der Waals surface area contributed by atoms with Gasteiger partial charge in [0.05, 0.1) is 12.3 Å². The minimum absolute atomic E-state index is 0.0815. The summed E-state index contributed by atoms with van der Waals surface area (Å²) in [6.45, 7) is 6.50. The first-order valence-electron chi connectivity index (χ1n) is 8.42. The number of aromatic hydroxyl groups is 1. The molecule has 0 aliphatic rings. The molecule has 2 N–H and O–H groups in total. The highest BCUT2D eigenvalue weighted by Gasteiger charge is 2.22. The Morgan fingerprint density at radius 3 is 2.52 bits per heavy atom. The zero-order valence-electron chi connectivity index (χ0n) is 14.8. The fourth-order valence-corrected chi connectivity index (χ4v) is 3.55. The van der Waals surface area contributed by atoms with E-state index < -0.39 is 10.0 Å². The van der Waals surface area contributed by atoms with Gasteiger partial charge in [-0.05, 0) is 42.2 Å². The van der Waals surface area contributed by atoms with Crippen molar-refractivity contribution < 1.29 is 18.3 Å². The van der Waals surface area contributed by atoms with E-state index in [0.717, 1.165) is 18.4 Å². The third kappa shape index (κ3) is 4.89. The molecule has 2 aromatic rings. The van der Waals surface area contributed by atoms with Crippen molar-refractivity contribution in [2.24, 2.45) is 0 Å². The fourth-order valence-electron chi connectivity index (χ4n) is 2.30. The molecule has 0 unspecified atom stereocenters. The summed E-state index contributed by atoms with van der Waals surface area (Å²) < 4.78 is 33.9. The zero-order valence-corrected chi connectivity index (χ0v) is 15.6. The van der Waals surface area contributed by atoms with Gasteiger partial charge in [-0.1, -0.05) is 45.4 Å². The Morgan fingerprint density at radius 1 is 1.16 bits per heavy atom. The summed E-state index contributed by atoms with van der Waals surface area (Å²) in [5.41, 5.74) is 1.04. The first kappa shape index (κ1) is 19.1. The van der Waals surface area contributed by atoms with Crippen LogP contribution in [0.15, 0.2) is 47.4 Å². The number of rotatable bonds is 8. The molecule has 0 heterocycles. The van der Waals surface area contributed by atoms with Gasteiger partial charge in [-0.15, -0.1) is 0 Å². The lowest BCUT2D eigenvalue weighted by Gasteiger charge is -2.16. The Balaban J connectivity index is 2.42. The minimum Gasteiger partial charge on any atom is -0.506 e. The molecule has 25 heavy (non-hydrogen) atoms. The van der Waals surface area contributed by atoms with Crippen LogP contribution in [0, 0.1) is 0 Å². The van der Waals surface area contributed by atoms with Crippen molar-refractivity contribution in [2.75, 3.05) is 11.3 Å². The van der Waals surface area contributed by atoms with Gasteiger partial charge >= 0.3 is 0 Å². The van der Waals surface area contributed by atoms with Crippen LogP contribution >= 0.6 is 0 Å². The summed E-state index contributed by atoms with van der Waals surface area (Å²) in [4.78, 5) is 0.0815. The summed E-state index contributed by atoms with van der Waals surface area (Å²) in [6, 6.07) is 11.4. The summed E-state index contributed by atoms with van der Waals surface area (Å²) in [7, 11) is -3.89. The van der Waals surface area contributed by atoms with Crippen molar-refractivity contribution in [2.45, 2.75) is 44.4 Å². The van der Waals surface area contributed by atoms with E-state index in [2.05, 4.69) is 4.72 Å². The third-order valence-corrected chi connectivity index (χ3v) is 5.21. The minimum atomic E-state index is -3.89. The predicted molar refractivity (Wildman–Crippen MR) is 99.8 cm³/mol. The van der Waals surface area contributed by atoms with Crippen molar-refractivity contribution in [1.29, 1.82) is 0 Å². The van der Waals surface area contributed by atoms with E-state index in [1.54, 1.807) is 24.3 Å². The lowest BCUT2D eigenvalue weighted by Crippen LogP contribution is -2.15. The van der Waals surface area contributed by atoms with Gasteiger partial charge in [0.15, 0.2) is 0 Å². The Labute approximate surface area is 149 Å². The molecule has 0 aliphatic heterocycles. The number of hydrogen-bond donors (Lipinski definition) is 2. The van der Waals surface area contributed by atoms with Crippen LogP contribution in [0.5, 0.6) is 11.5 Å². The van der Waals surface area contributed by atoms with Crippen LogP contribution in [0.25, 0.3) is 0 Å². The highest BCUT2D eigenvalue weighted by atomic mass is 32.2. The molecule has 0 bridgehead atoms. The van der Waals surface area contributed by atoms with E-state index in [0.29, 0.717) is 12.4 Å². The van der Waals surface area contributed by atoms with Gasteiger partial charge in [-0.2, -0.15) is 0 Å². The predicted octanol–water partition coefficient (Wildman–Crippen LogP) is 4.50. The number of sulfonamides is 1. The molecule has 6 heteroatoms. The Hall–Kier alpha value is -2.21. The second-order valence-corrected chi connectivity index (χ2v) is 7.84. The number of unbranched alkanes of at least 4 members (excludes halogenated alkanes) is 1. The molecule has 0 fully saturated rings. The van der Waals surface area contributed by atoms with Crippen molar-refractivity contribution in [3.63, 3.8) is 0 Å². The lowest BCUT2D eigenvalue weighted by atomic mass is 10.0. The maximum atomic E-state index is 12.9. The first-order valence-corrected chi connectivity index (χ1v) is 9.91. The standard InChI is InChI=1S/C19H25NO4S/c1-4-5-12-24-18-11-10-15(14(2)3)13-19(18)25(22,23)20-16-8-6-7-9-17(16)21/h6-11,13-14,20-21H,4-5,12H2,1-3H3. The molecule has 0 aromatic heterocycles. The molecule has 0 saturated carbocycles. The van der Waals surface area contributed by atoms with Crippen molar-refractivity contribution >= 4 is 15.7 Å². The van der Waals surface area contributed by atoms with Crippen LogP contribution in [0.4, 0.5) is 5.69 Å². The summed E-state index contributed by atoms with van der Waals surface area (Å²) >= 11 is 0. The number of phenols is 1. The van der Waals surface area contributed by atoms with Crippen LogP contribution in [0.2, 0.25) is 0 Å². The van der Waals surface area contributed by atoms with Crippen LogP contribution in [-0.2, 0) is 10.0 Å². The molecule has 2 aromatic carbocycles. The Bertz CT molecular complexity index is 816. The van der Waals surface area contributed by atoms with E-state index in [1.807, 2.05) is 26.8 Å². The van der Waals surface area contributed by atoms with Gasteiger partial charge in [0.1, 0.15) is 16.4 Å². The number of phenolic OH excluding ortho intramolecular Hbond substituents is 1. The monoisotopic (exact) mass is 363 g/mol. The maximum Gasteiger partial charge on any atom is 0.265 e. The van der Waals surface area contributed by atoms with Crippen molar-refractivity contribution in [3.05, 3.63) is 48.0 Å². The van der Waals surface area contributed by atoms with E-state index in [1.165, 1.54) is 12.1 Å². The van der Waals surface area contributed by atoms with Crippen LogP contribution in [0.1, 0.15) is 45.1 Å². The normalized spacial score (nSPS) is 11.5. The topological polar surface area (TPSA) is 75.6 Å². The number of anilines is 1. The van der Waals surface area contributed by atoms with Gasteiger partial charge in [0, 0.05) is 0 Å². The van der Waals surface area contributed by atoms with E-state index in [-0.39, 0.29) is 22.3 Å². The summed E-state index contributed by atoms with van der Waals surface area (Å²) in [5.74, 6) is 0.379. The molecule has 0 saturated heterocycles. The number of benzene rings is 2. The van der Waals surface area contributed by atoms with Gasteiger partial charge in [-0.25, -0.2) is 8.42 Å². The quantitative estimate of drug-likeness (QED) is 0.535. The maximum absolute atomic E-state index is 12.9. The molecular weight excluding hydrogens is 338 g/mol. The SMILES string of the molecule is CCCCOc1ccc(C(C)C)cc1S(=O)(=O)Nc1ccccc1O. The van der Waals surface area contributed by atoms with E-state index >= 15 is 0 Å². The second kappa shape index (κ2) is 8.25. The van der Waals surface area contributed by atoms with Crippen molar-refractivity contribution in [1.82, 2.24) is 0 Å². The molecule has 0 aliphatic carbocycles. The number of nitrogens with one attached hydrogen (secondary N) is 1. The highest BCUT2D eigenvalue weighted by Crippen LogP contribution is 2.31. The molecule has 2 rings (SSSR count). The number of ether oxygens (including phenoxy) is 1.